The molecule has 0 spiro atoms. The van der Waals surface area contributed by atoms with Crippen LogP contribution in [0.5, 0.6) is 0 Å². The van der Waals surface area contributed by atoms with Gasteiger partial charge in [0.1, 0.15) is 24.2 Å². The summed E-state index contributed by atoms with van der Waals surface area (Å²) in [5.74, 6) is -1.18. The second-order valence-electron chi connectivity index (χ2n) is 7.22. The summed E-state index contributed by atoms with van der Waals surface area (Å²) < 4.78 is 40.8. The zero-order valence-electron chi connectivity index (χ0n) is 18.4. The van der Waals surface area contributed by atoms with E-state index in [1.807, 2.05) is 6.79 Å². The fourth-order valence-electron chi connectivity index (χ4n) is 3.39. The molecule has 1 fully saturated rings. The first-order valence-electron chi connectivity index (χ1n) is 10.3. The summed E-state index contributed by atoms with van der Waals surface area (Å²) in [5, 5.41) is 17.1. The zero-order valence-corrected chi connectivity index (χ0v) is 18.4. The normalized spacial score (nSPS) is 13.5. The zero-order chi connectivity index (χ0) is 24.3. The molecule has 0 aliphatic heterocycles. The molecular weight excluding hydrogens is 421 g/mol. The third-order valence-corrected chi connectivity index (χ3v) is 5.06. The number of nitrogens with two attached hydrogens (primary N) is 1. The standard InChI is InChI=1S/C18H14F3N.C4H10O2.CH5N.CH2O/c19-12-6-4-11(5-7-12)17-16(10-2-1-3-10)14-8-13(20)9-15(21)18(14)22-17;1-4(6)2-3-5;2*1-2/h4-10,22H,1-3H2;4-6H,2-3H2,1H3;2H2,1H3;1H2. The van der Waals surface area contributed by atoms with E-state index in [-0.39, 0.29) is 18.5 Å². The van der Waals surface area contributed by atoms with Crippen molar-refractivity contribution in [2.24, 2.45) is 5.73 Å². The molecule has 0 radical (unpaired) electrons. The van der Waals surface area contributed by atoms with Crippen LogP contribution in [-0.2, 0) is 4.79 Å². The van der Waals surface area contributed by atoms with Crippen LogP contribution < -0.4 is 5.73 Å². The van der Waals surface area contributed by atoms with Gasteiger partial charge in [-0.05, 0) is 80.6 Å². The van der Waals surface area contributed by atoms with Gasteiger partial charge in [0.2, 0.25) is 0 Å². The summed E-state index contributed by atoms with van der Waals surface area (Å²) in [7, 11) is 1.50. The van der Waals surface area contributed by atoms with Gasteiger partial charge in [0, 0.05) is 18.1 Å². The van der Waals surface area contributed by atoms with Crippen LogP contribution in [0.25, 0.3) is 22.2 Å². The van der Waals surface area contributed by atoms with Crippen molar-refractivity contribution in [3.63, 3.8) is 0 Å². The van der Waals surface area contributed by atoms with E-state index in [0.29, 0.717) is 23.2 Å². The molecule has 32 heavy (non-hydrogen) atoms. The van der Waals surface area contributed by atoms with E-state index >= 15 is 0 Å². The lowest BCUT2D eigenvalue weighted by Crippen LogP contribution is -2.09. The molecule has 0 saturated heterocycles. The number of rotatable bonds is 4. The van der Waals surface area contributed by atoms with Crippen LogP contribution in [0.3, 0.4) is 0 Å². The van der Waals surface area contributed by atoms with Crippen LogP contribution in [0.2, 0.25) is 0 Å². The number of halogens is 3. The summed E-state index contributed by atoms with van der Waals surface area (Å²) in [5.41, 5.74) is 7.33. The SMILES string of the molecule is C=O.CC(O)CCO.CN.Fc1ccc(-c2[nH]c3c(F)cc(F)cc3c2C2CCC2)cc1. The molecule has 1 unspecified atom stereocenters. The number of aromatic amines is 1. The van der Waals surface area contributed by atoms with Crippen LogP contribution in [-0.4, -0.2) is 41.7 Å². The van der Waals surface area contributed by atoms with Gasteiger partial charge in [-0.1, -0.05) is 6.42 Å². The molecule has 1 atom stereocenters. The number of H-pyrrole nitrogens is 1. The lowest BCUT2D eigenvalue weighted by Gasteiger charge is -2.26. The number of aliphatic hydroxyl groups excluding tert-OH is 2. The van der Waals surface area contributed by atoms with Crippen molar-refractivity contribution in [2.45, 2.75) is 44.6 Å². The highest BCUT2D eigenvalue weighted by atomic mass is 19.1. The summed E-state index contributed by atoms with van der Waals surface area (Å²) >= 11 is 0. The maximum Gasteiger partial charge on any atom is 0.150 e. The fourth-order valence-corrected chi connectivity index (χ4v) is 3.39. The first-order chi connectivity index (χ1) is 15.4. The van der Waals surface area contributed by atoms with Gasteiger partial charge in [-0.2, -0.15) is 0 Å². The third-order valence-electron chi connectivity index (χ3n) is 5.06. The number of hydrogen-bond acceptors (Lipinski definition) is 4. The first kappa shape index (κ1) is 27.4. The van der Waals surface area contributed by atoms with E-state index in [1.165, 1.54) is 25.2 Å². The van der Waals surface area contributed by atoms with Crippen LogP contribution in [0.15, 0.2) is 36.4 Å². The fraction of sp³-hybridized carbons (Fsp3) is 0.375. The number of aliphatic hydroxyl groups is 2. The maximum atomic E-state index is 14.1. The van der Waals surface area contributed by atoms with Crippen LogP contribution in [0, 0.1) is 17.5 Å². The van der Waals surface area contributed by atoms with Crippen molar-refractivity contribution in [1.82, 2.24) is 4.98 Å². The van der Waals surface area contributed by atoms with E-state index in [2.05, 4.69) is 10.7 Å². The minimum absolute atomic E-state index is 0.0810. The number of hydrogen-bond donors (Lipinski definition) is 4. The topological polar surface area (TPSA) is 99.3 Å². The van der Waals surface area contributed by atoms with Gasteiger partial charge in [-0.25, -0.2) is 13.2 Å². The molecule has 1 heterocycles. The molecular formula is C24H31F3N2O3. The van der Waals surface area contributed by atoms with E-state index < -0.39 is 11.6 Å². The van der Waals surface area contributed by atoms with Gasteiger partial charge < -0.3 is 25.7 Å². The number of carbonyl (C=O) groups excluding carboxylic acids is 1. The van der Waals surface area contributed by atoms with Crippen molar-refractivity contribution in [2.75, 3.05) is 13.7 Å². The smallest absolute Gasteiger partial charge is 0.150 e. The summed E-state index contributed by atoms with van der Waals surface area (Å²) in [6.07, 6.45) is 3.28. The Morgan fingerprint density at radius 1 is 1.09 bits per heavy atom. The highest BCUT2D eigenvalue weighted by Gasteiger charge is 2.27. The molecule has 1 aliphatic carbocycles. The minimum Gasteiger partial charge on any atom is -0.396 e. The first-order valence-corrected chi connectivity index (χ1v) is 10.3. The van der Waals surface area contributed by atoms with Crippen molar-refractivity contribution < 1.29 is 28.2 Å². The van der Waals surface area contributed by atoms with Crippen molar-refractivity contribution >= 4 is 17.7 Å². The van der Waals surface area contributed by atoms with E-state index in [4.69, 9.17) is 15.0 Å². The molecule has 1 aromatic heterocycles. The molecule has 2 aromatic carbocycles. The van der Waals surface area contributed by atoms with E-state index in [1.54, 1.807) is 19.1 Å². The minimum atomic E-state index is -0.594. The average Bonchev–Trinajstić information content (AvgIpc) is 3.10. The quantitative estimate of drug-likeness (QED) is 0.463. The summed E-state index contributed by atoms with van der Waals surface area (Å²) in [6, 6.07) is 8.35. The Morgan fingerprint density at radius 3 is 2.12 bits per heavy atom. The molecule has 5 nitrogen and oxygen atoms in total. The number of fused-ring (bicyclic) bond motifs is 1. The Balaban J connectivity index is 0.000000441. The molecule has 1 aliphatic rings. The summed E-state index contributed by atoms with van der Waals surface area (Å²) in [4.78, 5) is 11.1. The molecule has 0 amide bonds. The monoisotopic (exact) mass is 452 g/mol. The second kappa shape index (κ2) is 13.7. The Morgan fingerprint density at radius 2 is 1.69 bits per heavy atom. The Hall–Kier alpha value is -2.68. The average molecular weight is 453 g/mol. The lowest BCUT2D eigenvalue weighted by atomic mass is 9.78. The molecule has 5 N–H and O–H groups in total. The number of aromatic nitrogens is 1. The van der Waals surface area contributed by atoms with Gasteiger partial charge in [0.25, 0.3) is 0 Å². The molecule has 3 aromatic rings. The van der Waals surface area contributed by atoms with E-state index in [9.17, 15) is 13.2 Å². The maximum absolute atomic E-state index is 14.1. The summed E-state index contributed by atoms with van der Waals surface area (Å²) in [6.45, 7) is 3.73. The molecule has 1 saturated carbocycles. The lowest BCUT2D eigenvalue weighted by molar-refractivity contribution is -0.0980. The largest absolute Gasteiger partial charge is 0.396 e. The Labute approximate surface area is 186 Å². The Bertz CT molecular complexity index is 955. The van der Waals surface area contributed by atoms with E-state index in [0.717, 1.165) is 42.1 Å². The van der Waals surface area contributed by atoms with Crippen LogP contribution in [0.1, 0.15) is 44.1 Å². The van der Waals surface area contributed by atoms with Crippen LogP contribution in [0.4, 0.5) is 13.2 Å². The molecule has 4 rings (SSSR count). The second-order valence-corrected chi connectivity index (χ2v) is 7.22. The van der Waals surface area contributed by atoms with Crippen molar-refractivity contribution in [3.8, 4) is 11.3 Å². The number of nitrogens with one attached hydrogen (secondary N) is 1. The predicted molar refractivity (Wildman–Crippen MR) is 121 cm³/mol. The number of carbonyl (C=O) groups is 1. The van der Waals surface area contributed by atoms with Crippen molar-refractivity contribution in [1.29, 1.82) is 0 Å². The van der Waals surface area contributed by atoms with Crippen molar-refractivity contribution in [3.05, 3.63) is 59.4 Å². The van der Waals surface area contributed by atoms with Crippen LogP contribution >= 0.6 is 0 Å². The van der Waals surface area contributed by atoms with Gasteiger partial charge in [0.15, 0.2) is 0 Å². The van der Waals surface area contributed by atoms with Gasteiger partial charge in [-0.3, -0.25) is 0 Å². The molecule has 176 valence electrons. The Kier molecular flexibility index (Phi) is 11.7. The highest BCUT2D eigenvalue weighted by Crippen LogP contribution is 2.45. The molecule has 8 heteroatoms. The predicted octanol–water partition coefficient (Wildman–Crippen LogP) is 4.66. The highest BCUT2D eigenvalue weighted by molar-refractivity contribution is 5.92. The number of benzene rings is 2. The third kappa shape index (κ3) is 6.91. The van der Waals surface area contributed by atoms with Gasteiger partial charge >= 0.3 is 0 Å². The van der Waals surface area contributed by atoms with Gasteiger partial charge in [0.05, 0.1) is 17.3 Å². The molecule has 0 bridgehead atoms. The van der Waals surface area contributed by atoms with Gasteiger partial charge in [-0.15, -0.1) is 0 Å².